The monoisotopic (exact) mass is 376 g/mol. The van der Waals surface area contributed by atoms with Gasteiger partial charge in [-0.25, -0.2) is 19.7 Å². The summed E-state index contributed by atoms with van der Waals surface area (Å²) in [6, 6.07) is 4.31. The van der Waals surface area contributed by atoms with Crippen LogP contribution in [0.5, 0.6) is 0 Å². The lowest BCUT2D eigenvalue weighted by molar-refractivity contribution is 0.0519. The van der Waals surface area contributed by atoms with Crippen molar-refractivity contribution in [3.63, 3.8) is 0 Å². The van der Waals surface area contributed by atoms with Gasteiger partial charge < -0.3 is 9.30 Å². The van der Waals surface area contributed by atoms with E-state index in [2.05, 4.69) is 42.9 Å². The van der Waals surface area contributed by atoms with Gasteiger partial charge in [0.05, 0.1) is 23.7 Å². The Morgan fingerprint density at radius 1 is 1.18 bits per heavy atom. The van der Waals surface area contributed by atoms with Crippen molar-refractivity contribution in [2.24, 2.45) is 0 Å². The molecular formula is C22H24N4O2. The number of esters is 1. The van der Waals surface area contributed by atoms with Crippen LogP contribution in [0.25, 0.3) is 16.9 Å². The van der Waals surface area contributed by atoms with Crippen molar-refractivity contribution < 1.29 is 9.53 Å². The number of carbonyl (C=O) groups excluding carboxylic acids is 1. The zero-order valence-electron chi connectivity index (χ0n) is 16.7. The van der Waals surface area contributed by atoms with E-state index in [1.807, 2.05) is 10.8 Å². The standard InChI is InChI=1S/C22H24N4O2/c1-5-7-19-23-11-15-10-18-21(22(27)28-6-2)24-12-26(18)17-9-14(4)13(3)8-16(17)20(15)25-19/h8-9,11-12H,5-7,10H2,1-4H3. The quantitative estimate of drug-likeness (QED) is 0.504. The lowest BCUT2D eigenvalue weighted by Gasteiger charge is -2.13. The number of ether oxygens (including phenoxy) is 1. The third kappa shape index (κ3) is 2.99. The molecule has 6 heteroatoms. The van der Waals surface area contributed by atoms with Gasteiger partial charge in [0.15, 0.2) is 5.69 Å². The number of hydrogen-bond acceptors (Lipinski definition) is 5. The van der Waals surface area contributed by atoms with Crippen LogP contribution in [-0.4, -0.2) is 32.1 Å². The van der Waals surface area contributed by atoms with Crippen LogP contribution in [-0.2, 0) is 17.6 Å². The van der Waals surface area contributed by atoms with Crippen LogP contribution in [0.15, 0.2) is 24.7 Å². The van der Waals surface area contributed by atoms with Crippen molar-refractivity contribution >= 4 is 5.97 Å². The second kappa shape index (κ2) is 7.19. The zero-order chi connectivity index (χ0) is 19.8. The molecule has 0 N–H and O–H groups in total. The van der Waals surface area contributed by atoms with Crippen LogP contribution in [0, 0.1) is 13.8 Å². The fourth-order valence-electron chi connectivity index (χ4n) is 3.64. The van der Waals surface area contributed by atoms with Crippen LogP contribution in [0.4, 0.5) is 0 Å². The first-order valence-corrected chi connectivity index (χ1v) is 9.73. The summed E-state index contributed by atoms with van der Waals surface area (Å²) >= 11 is 0. The van der Waals surface area contributed by atoms with Gasteiger partial charge in [0.1, 0.15) is 12.2 Å². The van der Waals surface area contributed by atoms with Crippen LogP contribution in [0.1, 0.15) is 59.0 Å². The van der Waals surface area contributed by atoms with E-state index in [0.717, 1.165) is 46.9 Å². The summed E-state index contributed by atoms with van der Waals surface area (Å²) in [5, 5.41) is 0. The fraction of sp³-hybridized carbons (Fsp3) is 0.364. The molecule has 1 aliphatic heterocycles. The van der Waals surface area contributed by atoms with E-state index in [1.54, 1.807) is 13.3 Å². The van der Waals surface area contributed by atoms with Gasteiger partial charge in [-0.15, -0.1) is 0 Å². The number of nitrogens with zero attached hydrogens (tertiary/aromatic N) is 4. The molecule has 2 aromatic heterocycles. The topological polar surface area (TPSA) is 69.9 Å². The van der Waals surface area contributed by atoms with Gasteiger partial charge in [0.2, 0.25) is 0 Å². The number of imidazole rings is 1. The number of fused-ring (bicyclic) bond motifs is 5. The molecule has 0 saturated heterocycles. The molecule has 0 unspecified atom stereocenters. The SMILES string of the molecule is CCCc1ncc2c(n1)-c1cc(C)c(C)cc1-n1cnc(C(=O)OCC)c1C2. The lowest BCUT2D eigenvalue weighted by atomic mass is 9.99. The molecule has 28 heavy (non-hydrogen) atoms. The summed E-state index contributed by atoms with van der Waals surface area (Å²) in [6.45, 7) is 8.44. The Morgan fingerprint density at radius 3 is 2.71 bits per heavy atom. The fourth-order valence-corrected chi connectivity index (χ4v) is 3.64. The third-order valence-corrected chi connectivity index (χ3v) is 5.21. The van der Waals surface area contributed by atoms with Crippen LogP contribution < -0.4 is 0 Å². The molecule has 0 spiro atoms. The Balaban J connectivity index is 1.98. The number of rotatable bonds is 4. The average Bonchev–Trinajstić information content (AvgIpc) is 3.04. The summed E-state index contributed by atoms with van der Waals surface area (Å²) in [5.74, 6) is 0.453. The Kier molecular flexibility index (Phi) is 4.71. The summed E-state index contributed by atoms with van der Waals surface area (Å²) in [7, 11) is 0. The van der Waals surface area contributed by atoms with E-state index in [1.165, 1.54) is 11.1 Å². The first-order chi connectivity index (χ1) is 13.5. The number of aryl methyl sites for hydroxylation is 3. The van der Waals surface area contributed by atoms with Crippen molar-refractivity contribution in [1.29, 1.82) is 0 Å². The molecule has 6 nitrogen and oxygen atoms in total. The summed E-state index contributed by atoms with van der Waals surface area (Å²) in [5.41, 5.74) is 7.52. The molecule has 0 fully saturated rings. The molecule has 3 aromatic rings. The number of hydrogen-bond donors (Lipinski definition) is 0. The van der Waals surface area contributed by atoms with Crippen LogP contribution in [0.2, 0.25) is 0 Å². The molecule has 0 radical (unpaired) electrons. The maximum atomic E-state index is 12.4. The Bertz CT molecular complexity index is 1070. The minimum Gasteiger partial charge on any atom is -0.461 e. The highest BCUT2D eigenvalue weighted by Crippen LogP contribution is 2.36. The van der Waals surface area contributed by atoms with Gasteiger partial charge in [-0.1, -0.05) is 6.92 Å². The first kappa shape index (κ1) is 18.3. The predicted molar refractivity (Wildman–Crippen MR) is 107 cm³/mol. The first-order valence-electron chi connectivity index (χ1n) is 9.73. The predicted octanol–water partition coefficient (Wildman–Crippen LogP) is 3.98. The molecule has 4 rings (SSSR count). The van der Waals surface area contributed by atoms with Crippen molar-refractivity contribution in [2.75, 3.05) is 6.61 Å². The number of aromatic nitrogens is 4. The molecular weight excluding hydrogens is 352 g/mol. The summed E-state index contributed by atoms with van der Waals surface area (Å²) in [6.07, 6.45) is 5.97. The molecule has 0 bridgehead atoms. The third-order valence-electron chi connectivity index (χ3n) is 5.21. The second-order valence-electron chi connectivity index (χ2n) is 7.17. The van der Waals surface area contributed by atoms with E-state index in [4.69, 9.17) is 9.72 Å². The molecule has 144 valence electrons. The van der Waals surface area contributed by atoms with Gasteiger partial charge in [-0.05, 0) is 50.5 Å². The number of benzene rings is 1. The van der Waals surface area contributed by atoms with Crippen molar-refractivity contribution in [2.45, 2.75) is 47.0 Å². The van der Waals surface area contributed by atoms with E-state index in [9.17, 15) is 4.79 Å². The molecule has 1 aromatic carbocycles. The van der Waals surface area contributed by atoms with Crippen LogP contribution in [0.3, 0.4) is 0 Å². The van der Waals surface area contributed by atoms with Crippen molar-refractivity contribution in [3.8, 4) is 16.9 Å². The van der Waals surface area contributed by atoms with E-state index < -0.39 is 5.97 Å². The highest BCUT2D eigenvalue weighted by molar-refractivity contribution is 5.89. The van der Waals surface area contributed by atoms with Crippen molar-refractivity contribution in [3.05, 3.63) is 58.6 Å². The average molecular weight is 376 g/mol. The van der Waals surface area contributed by atoms with Gasteiger partial charge in [-0.3, -0.25) is 0 Å². The molecule has 1 aliphatic rings. The van der Waals surface area contributed by atoms with Crippen molar-refractivity contribution in [1.82, 2.24) is 19.5 Å². The normalized spacial score (nSPS) is 12.0. The molecule has 3 heterocycles. The Morgan fingerprint density at radius 2 is 1.96 bits per heavy atom. The van der Waals surface area contributed by atoms with Gasteiger partial charge in [0.25, 0.3) is 0 Å². The highest BCUT2D eigenvalue weighted by Gasteiger charge is 2.27. The highest BCUT2D eigenvalue weighted by atomic mass is 16.5. The Labute approximate surface area is 164 Å². The van der Waals surface area contributed by atoms with Crippen LogP contribution >= 0.6 is 0 Å². The molecule has 0 amide bonds. The van der Waals surface area contributed by atoms with E-state index in [0.29, 0.717) is 18.7 Å². The maximum absolute atomic E-state index is 12.4. The second-order valence-corrected chi connectivity index (χ2v) is 7.17. The van der Waals surface area contributed by atoms with Gasteiger partial charge >= 0.3 is 5.97 Å². The zero-order valence-corrected chi connectivity index (χ0v) is 16.7. The van der Waals surface area contributed by atoms with Gasteiger partial charge in [0, 0.05) is 30.2 Å². The summed E-state index contributed by atoms with van der Waals surface area (Å²) in [4.78, 5) is 26.3. The summed E-state index contributed by atoms with van der Waals surface area (Å²) < 4.78 is 7.21. The van der Waals surface area contributed by atoms with E-state index in [-0.39, 0.29) is 0 Å². The maximum Gasteiger partial charge on any atom is 0.358 e. The van der Waals surface area contributed by atoms with E-state index >= 15 is 0 Å². The smallest absolute Gasteiger partial charge is 0.358 e. The largest absolute Gasteiger partial charge is 0.461 e. The number of carbonyl (C=O) groups is 1. The Hall–Kier alpha value is -3.02. The molecule has 0 atom stereocenters. The minimum absolute atomic E-state index is 0.320. The minimum atomic E-state index is -0.395. The molecule has 0 aliphatic carbocycles. The van der Waals surface area contributed by atoms with Gasteiger partial charge in [-0.2, -0.15) is 0 Å². The molecule has 0 saturated carbocycles. The lowest BCUT2D eigenvalue weighted by Crippen LogP contribution is -2.10.